The zero-order chi connectivity index (χ0) is 46.5. The number of benzene rings is 2. The molecule has 0 radical (unpaired) electrons. The number of aliphatic hydroxyl groups excluding tert-OH is 1. The molecule has 0 saturated carbocycles. The lowest BCUT2D eigenvalue weighted by atomic mass is 9.84. The molecular weight excluding hydrogens is 863 g/mol. The second kappa shape index (κ2) is 18.2. The lowest BCUT2D eigenvalue weighted by Gasteiger charge is -2.38. The van der Waals surface area contributed by atoms with E-state index in [-0.39, 0.29) is 37.2 Å². The van der Waals surface area contributed by atoms with Gasteiger partial charge >= 0.3 is 5.97 Å². The standard InChI is InChI=1S/C48H57N9O6S2/c1-25-28(4)65-47-39(25)40(51-36(21-38(59)60)43-54-53-29(5)57(43)47)31-15-17-34(18-16-31)55-19-9-10-33(22-55)44(61)52-42(48(6,7)8)46(63)56-23-35(58)20-37(56)45(62)50-26(2)30-11-13-32(14-12-30)41-27(3)49-24-64-41/h11-18,24,26,33,35-37,42,58H,9-10,19-23H2,1-8H3,(H,50,62)(H,52,61)(H,59,60)/t26?,33-,35+,36-,37-,42?/m0/s1. The SMILES string of the molecule is Cc1ncsc1-c1ccc(C(C)NC(=O)[C@@H]2C[C@@H](O)CN2C(=O)C(NC(=O)[C@H]2CCCN(c3ccc(C4=N[C@@H](CC(=O)O)c5nnc(C)n5-c5sc(C)c(C)c54)cc3)C2)C(C)(C)C)cc1. The number of carboxylic acids is 1. The maximum atomic E-state index is 14.5. The number of carbonyl (C=O) groups excluding carboxylic acids is 3. The first-order valence-corrected chi connectivity index (χ1v) is 23.9. The van der Waals surface area contributed by atoms with E-state index >= 15 is 0 Å². The lowest BCUT2D eigenvalue weighted by Crippen LogP contribution is -2.59. The fourth-order valence-corrected chi connectivity index (χ4v) is 11.2. The fraction of sp³-hybridized carbons (Fsp3) is 0.458. The zero-order valence-corrected chi connectivity index (χ0v) is 39.7. The highest BCUT2D eigenvalue weighted by Gasteiger charge is 2.45. The van der Waals surface area contributed by atoms with Crippen LogP contribution >= 0.6 is 22.7 Å². The van der Waals surface area contributed by atoms with E-state index in [9.17, 15) is 29.4 Å². The minimum absolute atomic E-state index is 0.00963. The summed E-state index contributed by atoms with van der Waals surface area (Å²) in [6.07, 6.45) is 0.395. The lowest BCUT2D eigenvalue weighted by molar-refractivity contribution is -0.144. The Bertz CT molecular complexity index is 2640. The smallest absolute Gasteiger partial charge is 0.306 e. The third-order valence-electron chi connectivity index (χ3n) is 12.9. The summed E-state index contributed by atoms with van der Waals surface area (Å²) in [5.41, 5.74) is 8.51. The summed E-state index contributed by atoms with van der Waals surface area (Å²) in [5, 5.41) is 36.4. The van der Waals surface area contributed by atoms with Crippen LogP contribution in [0.5, 0.6) is 0 Å². The second-order valence-electron chi connectivity index (χ2n) is 18.7. The third kappa shape index (κ3) is 9.23. The van der Waals surface area contributed by atoms with Crippen molar-refractivity contribution >= 4 is 57.8 Å². The topological polar surface area (TPSA) is 195 Å². The number of β-amino-alcohol motifs (C(OH)–C–C–N with tert-alkyl or cyclic N) is 1. The number of aryl methyl sites for hydroxylation is 3. The first-order chi connectivity index (χ1) is 30.9. The number of thiophene rings is 1. The number of aliphatic hydroxyl groups is 1. The number of piperidine rings is 1. The molecule has 5 aromatic rings. The molecule has 2 fully saturated rings. The van der Waals surface area contributed by atoms with Crippen molar-refractivity contribution in [3.8, 4) is 15.4 Å². The van der Waals surface area contributed by atoms with Gasteiger partial charge in [-0.1, -0.05) is 57.2 Å². The van der Waals surface area contributed by atoms with E-state index in [1.54, 1.807) is 22.7 Å². The Morgan fingerprint density at radius 1 is 0.923 bits per heavy atom. The molecule has 3 amide bonds. The van der Waals surface area contributed by atoms with E-state index in [1.807, 2.05) is 100 Å². The van der Waals surface area contributed by atoms with Crippen molar-refractivity contribution in [2.75, 3.05) is 24.5 Å². The van der Waals surface area contributed by atoms with Crippen molar-refractivity contribution in [3.05, 3.63) is 98.5 Å². The molecule has 3 aromatic heterocycles. The van der Waals surface area contributed by atoms with Crippen LogP contribution in [0.15, 0.2) is 59.0 Å². The number of thiazole rings is 1. The number of aromatic nitrogens is 4. The molecule has 0 bridgehead atoms. The molecule has 6 atom stereocenters. The summed E-state index contributed by atoms with van der Waals surface area (Å²) in [4.78, 5) is 69.8. The predicted octanol–water partition coefficient (Wildman–Crippen LogP) is 6.64. The van der Waals surface area contributed by atoms with E-state index in [0.29, 0.717) is 30.3 Å². The molecule has 342 valence electrons. The van der Waals surface area contributed by atoms with Gasteiger partial charge in [-0.05, 0) is 81.7 Å². The van der Waals surface area contributed by atoms with E-state index in [0.717, 1.165) is 66.9 Å². The van der Waals surface area contributed by atoms with E-state index in [4.69, 9.17) is 4.99 Å². The van der Waals surface area contributed by atoms with E-state index in [1.165, 1.54) is 4.90 Å². The summed E-state index contributed by atoms with van der Waals surface area (Å²) in [7, 11) is 0. The van der Waals surface area contributed by atoms with Gasteiger partial charge in [-0.25, -0.2) is 4.98 Å². The molecule has 8 rings (SSSR count). The number of hydrogen-bond donors (Lipinski definition) is 4. The largest absolute Gasteiger partial charge is 0.481 e. The molecule has 6 heterocycles. The van der Waals surface area contributed by atoms with Crippen LogP contribution in [-0.2, 0) is 19.2 Å². The van der Waals surface area contributed by atoms with Crippen LogP contribution in [0.2, 0.25) is 0 Å². The molecular formula is C48H57N9O6S2. The minimum Gasteiger partial charge on any atom is -0.481 e. The quantitative estimate of drug-likeness (QED) is 0.112. The van der Waals surface area contributed by atoms with Gasteiger partial charge in [-0.15, -0.1) is 32.9 Å². The highest BCUT2D eigenvalue weighted by Crippen LogP contribution is 2.40. The number of carboxylic acid groups (broad SMARTS) is 1. The van der Waals surface area contributed by atoms with Crippen molar-refractivity contribution in [1.82, 2.24) is 35.3 Å². The van der Waals surface area contributed by atoms with E-state index < -0.39 is 47.4 Å². The van der Waals surface area contributed by atoms with Gasteiger partial charge in [0.15, 0.2) is 5.82 Å². The average Bonchev–Trinajstić information content (AvgIpc) is 4.04. The highest BCUT2D eigenvalue weighted by atomic mass is 32.1. The zero-order valence-electron chi connectivity index (χ0n) is 38.1. The molecule has 65 heavy (non-hydrogen) atoms. The van der Waals surface area contributed by atoms with Crippen molar-refractivity contribution in [3.63, 3.8) is 0 Å². The summed E-state index contributed by atoms with van der Waals surface area (Å²) < 4.78 is 1.94. The van der Waals surface area contributed by atoms with Crippen molar-refractivity contribution in [1.29, 1.82) is 0 Å². The maximum absolute atomic E-state index is 14.5. The van der Waals surface area contributed by atoms with Crippen LogP contribution < -0.4 is 15.5 Å². The summed E-state index contributed by atoms with van der Waals surface area (Å²) >= 11 is 3.19. The number of hydrogen-bond acceptors (Lipinski definition) is 12. The Morgan fingerprint density at radius 3 is 2.29 bits per heavy atom. The summed E-state index contributed by atoms with van der Waals surface area (Å²) in [6, 6.07) is 13.1. The Hall–Kier alpha value is -5.78. The molecule has 0 aliphatic carbocycles. The van der Waals surface area contributed by atoms with Gasteiger partial charge < -0.3 is 30.6 Å². The van der Waals surface area contributed by atoms with Crippen molar-refractivity contribution < 1.29 is 29.4 Å². The monoisotopic (exact) mass is 919 g/mol. The van der Waals surface area contributed by atoms with Crippen LogP contribution in [-0.4, -0.2) is 102 Å². The van der Waals surface area contributed by atoms with Gasteiger partial charge in [0, 0.05) is 47.7 Å². The van der Waals surface area contributed by atoms with Gasteiger partial charge in [0.25, 0.3) is 0 Å². The maximum Gasteiger partial charge on any atom is 0.306 e. The van der Waals surface area contributed by atoms with Gasteiger partial charge in [0.05, 0.1) is 46.3 Å². The normalized spacial score (nSPS) is 20.6. The number of anilines is 1. The average molecular weight is 920 g/mol. The Kier molecular flexibility index (Phi) is 12.8. The van der Waals surface area contributed by atoms with Gasteiger partial charge in [-0.3, -0.25) is 28.7 Å². The van der Waals surface area contributed by atoms with Crippen molar-refractivity contribution in [2.45, 2.75) is 111 Å². The minimum atomic E-state index is -0.978. The van der Waals surface area contributed by atoms with Crippen LogP contribution in [0.4, 0.5) is 5.69 Å². The highest BCUT2D eigenvalue weighted by molar-refractivity contribution is 7.15. The number of likely N-dealkylation sites (tertiary alicyclic amines) is 1. The molecule has 2 aromatic carbocycles. The van der Waals surface area contributed by atoms with Crippen LogP contribution in [0.25, 0.3) is 15.4 Å². The number of rotatable bonds is 11. The first kappa shape index (κ1) is 45.8. The Labute approximate surface area is 387 Å². The molecule has 2 unspecified atom stereocenters. The van der Waals surface area contributed by atoms with Gasteiger partial charge in [-0.2, -0.15) is 0 Å². The third-order valence-corrected chi connectivity index (χ3v) is 15.1. The number of nitrogens with one attached hydrogen (secondary N) is 2. The number of fused-ring (bicyclic) bond motifs is 3. The van der Waals surface area contributed by atoms with E-state index in [2.05, 4.69) is 44.6 Å². The second-order valence-corrected chi connectivity index (χ2v) is 20.7. The molecule has 2 saturated heterocycles. The van der Waals surface area contributed by atoms with Crippen LogP contribution in [0, 0.1) is 39.0 Å². The van der Waals surface area contributed by atoms with Gasteiger partial charge in [0.1, 0.15) is 29.0 Å². The molecule has 17 heteroatoms. The number of nitrogens with zero attached hydrogens (tertiary/aromatic N) is 7. The number of aliphatic imine (C=N–C) groups is 1. The summed E-state index contributed by atoms with van der Waals surface area (Å²) in [5.74, 6) is -1.21. The number of amides is 3. The van der Waals surface area contributed by atoms with Crippen LogP contribution in [0.3, 0.4) is 0 Å². The molecule has 0 spiro atoms. The Morgan fingerprint density at radius 2 is 1.63 bits per heavy atom. The van der Waals surface area contributed by atoms with Crippen LogP contribution in [0.1, 0.15) is 110 Å². The molecule has 4 N–H and O–H groups in total. The predicted molar refractivity (Wildman–Crippen MR) is 252 cm³/mol. The molecule has 3 aliphatic heterocycles. The van der Waals surface area contributed by atoms with Crippen molar-refractivity contribution in [2.24, 2.45) is 16.3 Å². The molecule has 15 nitrogen and oxygen atoms in total. The fourth-order valence-electron chi connectivity index (χ4n) is 9.22. The Balaban J connectivity index is 0.951. The summed E-state index contributed by atoms with van der Waals surface area (Å²) in [6.45, 7) is 16.7. The molecule has 3 aliphatic rings. The number of carbonyl (C=O) groups is 4. The van der Waals surface area contributed by atoms with Gasteiger partial charge in [0.2, 0.25) is 17.7 Å². The number of aliphatic carboxylic acids is 1. The first-order valence-electron chi connectivity index (χ1n) is 22.2.